The number of hydrogen-bond donors (Lipinski definition) is 2. The van der Waals surface area contributed by atoms with Crippen molar-refractivity contribution in [2.45, 2.75) is 33.2 Å². The first-order valence-electron chi connectivity index (χ1n) is 5.79. The van der Waals surface area contributed by atoms with E-state index in [1.807, 2.05) is 0 Å². The molecule has 2 rings (SSSR count). The van der Waals surface area contributed by atoms with Crippen molar-refractivity contribution in [3.8, 4) is 0 Å². The van der Waals surface area contributed by atoms with E-state index in [2.05, 4.69) is 56.7 Å². The van der Waals surface area contributed by atoms with Gasteiger partial charge in [-0.25, -0.2) is 9.97 Å². The average molecular weight is 247 g/mol. The number of aromatic amines is 1. The number of aromatic nitrogens is 6. The van der Waals surface area contributed by atoms with Crippen molar-refractivity contribution >= 4 is 5.69 Å². The van der Waals surface area contributed by atoms with Crippen LogP contribution in [0.15, 0.2) is 18.7 Å². The summed E-state index contributed by atoms with van der Waals surface area (Å²) >= 11 is 0. The van der Waals surface area contributed by atoms with E-state index in [4.69, 9.17) is 0 Å². The maximum atomic E-state index is 4.05. The molecule has 0 saturated heterocycles. The predicted octanol–water partition coefficient (Wildman–Crippen LogP) is 1.58. The average Bonchev–Trinajstić information content (AvgIpc) is 2.81. The summed E-state index contributed by atoms with van der Waals surface area (Å²) in [4.78, 5) is 7.96. The molecule has 18 heavy (non-hydrogen) atoms. The molecule has 2 aromatic rings. The van der Waals surface area contributed by atoms with Gasteiger partial charge in [0.1, 0.15) is 6.33 Å². The fraction of sp³-hybridized carbons (Fsp3) is 0.545. The molecule has 0 bridgehead atoms. The van der Waals surface area contributed by atoms with Crippen molar-refractivity contribution in [2.75, 3.05) is 5.32 Å². The summed E-state index contributed by atoms with van der Waals surface area (Å²) in [6.07, 6.45) is 5.82. The molecule has 2 heterocycles. The van der Waals surface area contributed by atoms with Crippen molar-refractivity contribution in [1.82, 2.24) is 30.6 Å². The number of H-pyrrole nitrogens is 1. The number of tetrazole rings is 1. The standard InChI is InChI=1S/C11H17N7/c1-11(2,3)4-9(10-15-17-18-16-10)14-8-5-12-7-13-6-8/h5-7,9,14H,4H2,1-3H3,(H,15,16,17,18). The van der Waals surface area contributed by atoms with Gasteiger partial charge in [-0.2, -0.15) is 5.21 Å². The van der Waals surface area contributed by atoms with Gasteiger partial charge in [0.05, 0.1) is 24.1 Å². The summed E-state index contributed by atoms with van der Waals surface area (Å²) in [6, 6.07) is -0.0188. The SMILES string of the molecule is CC(C)(C)CC(Nc1cncnc1)c1nn[nH]n1. The molecule has 0 aliphatic carbocycles. The molecule has 0 spiro atoms. The maximum Gasteiger partial charge on any atom is 0.196 e. The summed E-state index contributed by atoms with van der Waals surface area (Å²) < 4.78 is 0. The molecule has 0 aromatic carbocycles. The summed E-state index contributed by atoms with van der Waals surface area (Å²) in [5.74, 6) is 0.647. The highest BCUT2D eigenvalue weighted by Gasteiger charge is 2.23. The van der Waals surface area contributed by atoms with Gasteiger partial charge in [0, 0.05) is 0 Å². The van der Waals surface area contributed by atoms with E-state index in [0.29, 0.717) is 5.82 Å². The minimum Gasteiger partial charge on any atom is -0.372 e. The highest BCUT2D eigenvalue weighted by molar-refractivity contribution is 5.39. The third-order valence-corrected chi connectivity index (χ3v) is 2.39. The number of anilines is 1. The van der Waals surface area contributed by atoms with Gasteiger partial charge in [-0.1, -0.05) is 26.0 Å². The van der Waals surface area contributed by atoms with Gasteiger partial charge in [-0.3, -0.25) is 0 Å². The molecule has 1 unspecified atom stereocenters. The fourth-order valence-corrected chi connectivity index (χ4v) is 1.71. The third-order valence-electron chi connectivity index (χ3n) is 2.39. The van der Waals surface area contributed by atoms with Gasteiger partial charge < -0.3 is 5.32 Å². The Morgan fingerprint density at radius 1 is 1.28 bits per heavy atom. The summed E-state index contributed by atoms with van der Waals surface area (Å²) in [5, 5.41) is 17.5. The second-order valence-corrected chi connectivity index (χ2v) is 5.36. The van der Waals surface area contributed by atoms with Crippen LogP contribution in [0.2, 0.25) is 0 Å². The summed E-state index contributed by atoms with van der Waals surface area (Å²) in [6.45, 7) is 6.51. The topological polar surface area (TPSA) is 92.3 Å². The molecule has 0 amide bonds. The van der Waals surface area contributed by atoms with Crippen LogP contribution < -0.4 is 5.32 Å². The first-order valence-corrected chi connectivity index (χ1v) is 5.79. The zero-order valence-corrected chi connectivity index (χ0v) is 10.8. The first kappa shape index (κ1) is 12.4. The lowest BCUT2D eigenvalue weighted by Crippen LogP contribution is -2.20. The lowest BCUT2D eigenvalue weighted by atomic mass is 9.88. The van der Waals surface area contributed by atoms with Gasteiger partial charge >= 0.3 is 0 Å². The zero-order chi connectivity index (χ0) is 13.0. The number of nitrogens with zero attached hydrogens (tertiary/aromatic N) is 5. The van der Waals surface area contributed by atoms with Gasteiger partial charge in [0.2, 0.25) is 0 Å². The predicted molar refractivity (Wildman–Crippen MR) is 66.6 cm³/mol. The quantitative estimate of drug-likeness (QED) is 0.852. The Balaban J connectivity index is 2.15. The number of hydrogen-bond acceptors (Lipinski definition) is 6. The Hall–Kier alpha value is -2.05. The van der Waals surface area contributed by atoms with Gasteiger partial charge in [0.25, 0.3) is 0 Å². The molecule has 2 aromatic heterocycles. The molecular formula is C11H17N7. The summed E-state index contributed by atoms with van der Waals surface area (Å²) in [7, 11) is 0. The van der Waals surface area contributed by atoms with E-state index in [0.717, 1.165) is 12.1 Å². The van der Waals surface area contributed by atoms with E-state index in [1.54, 1.807) is 12.4 Å². The van der Waals surface area contributed by atoms with Crippen LogP contribution in [0, 0.1) is 5.41 Å². The summed E-state index contributed by atoms with van der Waals surface area (Å²) in [5.41, 5.74) is 0.991. The molecule has 0 aliphatic rings. The Kier molecular flexibility index (Phi) is 3.50. The van der Waals surface area contributed by atoms with E-state index >= 15 is 0 Å². The molecule has 7 heteroatoms. The van der Waals surface area contributed by atoms with E-state index in [1.165, 1.54) is 6.33 Å². The maximum absolute atomic E-state index is 4.05. The molecule has 0 radical (unpaired) electrons. The minimum absolute atomic E-state index is 0.0188. The van der Waals surface area contributed by atoms with Gasteiger partial charge in [-0.15, -0.1) is 10.2 Å². The zero-order valence-electron chi connectivity index (χ0n) is 10.8. The second kappa shape index (κ2) is 5.07. The van der Waals surface area contributed by atoms with Crippen LogP contribution in [-0.4, -0.2) is 30.6 Å². The van der Waals surface area contributed by atoms with Crippen molar-refractivity contribution in [2.24, 2.45) is 5.41 Å². The van der Waals surface area contributed by atoms with Crippen LogP contribution in [0.1, 0.15) is 39.1 Å². The van der Waals surface area contributed by atoms with Crippen molar-refractivity contribution in [3.63, 3.8) is 0 Å². The molecule has 96 valence electrons. The van der Waals surface area contributed by atoms with Crippen LogP contribution in [0.25, 0.3) is 0 Å². The minimum atomic E-state index is -0.0188. The smallest absolute Gasteiger partial charge is 0.196 e. The molecular weight excluding hydrogens is 230 g/mol. The largest absolute Gasteiger partial charge is 0.372 e. The Bertz CT molecular complexity index is 460. The lowest BCUT2D eigenvalue weighted by molar-refractivity contribution is 0.347. The van der Waals surface area contributed by atoms with Crippen LogP contribution in [-0.2, 0) is 0 Å². The molecule has 7 nitrogen and oxygen atoms in total. The normalized spacial score (nSPS) is 13.3. The van der Waals surface area contributed by atoms with Crippen molar-refractivity contribution in [1.29, 1.82) is 0 Å². The third kappa shape index (κ3) is 3.47. The lowest BCUT2D eigenvalue weighted by Gasteiger charge is -2.25. The van der Waals surface area contributed by atoms with Crippen LogP contribution in [0.4, 0.5) is 5.69 Å². The first-order chi connectivity index (χ1) is 8.54. The molecule has 2 N–H and O–H groups in total. The van der Waals surface area contributed by atoms with E-state index in [-0.39, 0.29) is 11.5 Å². The van der Waals surface area contributed by atoms with Gasteiger partial charge in [0.15, 0.2) is 5.82 Å². The van der Waals surface area contributed by atoms with Crippen LogP contribution in [0.3, 0.4) is 0 Å². The van der Waals surface area contributed by atoms with Crippen LogP contribution >= 0.6 is 0 Å². The Morgan fingerprint density at radius 2 is 2.00 bits per heavy atom. The van der Waals surface area contributed by atoms with E-state index in [9.17, 15) is 0 Å². The van der Waals surface area contributed by atoms with Crippen molar-refractivity contribution in [3.05, 3.63) is 24.5 Å². The van der Waals surface area contributed by atoms with Crippen molar-refractivity contribution < 1.29 is 0 Å². The second-order valence-electron chi connectivity index (χ2n) is 5.36. The van der Waals surface area contributed by atoms with Gasteiger partial charge in [-0.05, 0) is 11.8 Å². The van der Waals surface area contributed by atoms with E-state index < -0.39 is 0 Å². The molecule has 0 saturated carbocycles. The Labute approximate surface area is 105 Å². The highest BCUT2D eigenvalue weighted by atomic mass is 15.5. The Morgan fingerprint density at radius 3 is 2.56 bits per heavy atom. The molecule has 1 atom stereocenters. The number of rotatable bonds is 4. The van der Waals surface area contributed by atoms with Crippen LogP contribution in [0.5, 0.6) is 0 Å². The molecule has 0 fully saturated rings. The fourth-order valence-electron chi connectivity index (χ4n) is 1.71. The number of nitrogens with one attached hydrogen (secondary N) is 2. The monoisotopic (exact) mass is 247 g/mol. The molecule has 0 aliphatic heterocycles. The highest BCUT2D eigenvalue weighted by Crippen LogP contribution is 2.29.